The summed E-state index contributed by atoms with van der Waals surface area (Å²) in [6.45, 7) is 4.83. The van der Waals surface area contributed by atoms with Crippen molar-refractivity contribution < 1.29 is 4.79 Å². The standard InChI is InChI=1S/C19H22ClNO/c1-14(2)16-10-7-15(8-11-16)9-12-19(22)21-13-17-5-3-4-6-18(17)20/h3-8,10-11,14H,9,12-13H2,1-2H3,(H,21,22). The van der Waals surface area contributed by atoms with E-state index < -0.39 is 0 Å². The Hall–Kier alpha value is -1.80. The topological polar surface area (TPSA) is 29.1 Å². The second kappa shape index (κ2) is 8.00. The molecule has 0 aromatic heterocycles. The van der Waals surface area contributed by atoms with E-state index in [0.717, 1.165) is 12.0 Å². The van der Waals surface area contributed by atoms with Gasteiger partial charge in [0.1, 0.15) is 0 Å². The van der Waals surface area contributed by atoms with Crippen LogP contribution < -0.4 is 5.32 Å². The van der Waals surface area contributed by atoms with Gasteiger partial charge in [0.05, 0.1) is 0 Å². The van der Waals surface area contributed by atoms with Crippen LogP contribution in [-0.4, -0.2) is 5.91 Å². The average Bonchev–Trinajstić information content (AvgIpc) is 2.52. The summed E-state index contributed by atoms with van der Waals surface area (Å²) >= 11 is 6.07. The summed E-state index contributed by atoms with van der Waals surface area (Å²) in [5.74, 6) is 0.584. The average molecular weight is 316 g/mol. The van der Waals surface area contributed by atoms with Crippen LogP contribution in [0.5, 0.6) is 0 Å². The number of carbonyl (C=O) groups is 1. The van der Waals surface area contributed by atoms with E-state index in [9.17, 15) is 4.79 Å². The minimum atomic E-state index is 0.0489. The number of rotatable bonds is 6. The molecule has 0 aliphatic heterocycles. The zero-order valence-corrected chi connectivity index (χ0v) is 13.9. The summed E-state index contributed by atoms with van der Waals surface area (Å²) in [7, 11) is 0. The minimum Gasteiger partial charge on any atom is -0.352 e. The first-order chi connectivity index (χ1) is 10.6. The first kappa shape index (κ1) is 16.6. The molecular weight excluding hydrogens is 294 g/mol. The van der Waals surface area contributed by atoms with Crippen LogP contribution in [0.3, 0.4) is 0 Å². The van der Waals surface area contributed by atoms with Gasteiger partial charge in [0, 0.05) is 18.0 Å². The van der Waals surface area contributed by atoms with Gasteiger partial charge in [0.25, 0.3) is 0 Å². The summed E-state index contributed by atoms with van der Waals surface area (Å²) in [6.07, 6.45) is 1.25. The Morgan fingerprint density at radius 1 is 1.09 bits per heavy atom. The van der Waals surface area contributed by atoms with E-state index in [1.807, 2.05) is 24.3 Å². The molecule has 2 aromatic carbocycles. The molecule has 2 nitrogen and oxygen atoms in total. The second-order valence-electron chi connectivity index (χ2n) is 5.76. The molecule has 0 atom stereocenters. The van der Waals surface area contributed by atoms with Crippen molar-refractivity contribution >= 4 is 17.5 Å². The lowest BCUT2D eigenvalue weighted by molar-refractivity contribution is -0.121. The molecule has 0 radical (unpaired) electrons. The van der Waals surface area contributed by atoms with Crippen LogP contribution in [0.1, 0.15) is 42.9 Å². The van der Waals surface area contributed by atoms with Crippen molar-refractivity contribution in [2.45, 2.75) is 39.2 Å². The van der Waals surface area contributed by atoms with Gasteiger partial charge in [-0.1, -0.05) is 67.9 Å². The van der Waals surface area contributed by atoms with Crippen molar-refractivity contribution in [3.05, 3.63) is 70.2 Å². The molecule has 0 bridgehead atoms. The molecule has 116 valence electrons. The van der Waals surface area contributed by atoms with E-state index in [-0.39, 0.29) is 5.91 Å². The van der Waals surface area contributed by atoms with Gasteiger partial charge < -0.3 is 5.32 Å². The van der Waals surface area contributed by atoms with Gasteiger partial charge in [-0.2, -0.15) is 0 Å². The van der Waals surface area contributed by atoms with E-state index >= 15 is 0 Å². The van der Waals surface area contributed by atoms with E-state index in [2.05, 4.69) is 43.4 Å². The van der Waals surface area contributed by atoms with Gasteiger partial charge in [0.15, 0.2) is 0 Å². The van der Waals surface area contributed by atoms with Crippen molar-refractivity contribution in [2.75, 3.05) is 0 Å². The maximum absolute atomic E-state index is 11.9. The summed E-state index contributed by atoms with van der Waals surface area (Å²) in [4.78, 5) is 11.9. The molecule has 1 N–H and O–H groups in total. The number of halogens is 1. The molecule has 0 spiro atoms. The maximum atomic E-state index is 11.9. The highest BCUT2D eigenvalue weighted by Gasteiger charge is 2.05. The van der Waals surface area contributed by atoms with Crippen molar-refractivity contribution in [3.63, 3.8) is 0 Å². The van der Waals surface area contributed by atoms with Gasteiger partial charge in [-0.3, -0.25) is 4.79 Å². The van der Waals surface area contributed by atoms with E-state index in [0.29, 0.717) is 23.9 Å². The Morgan fingerprint density at radius 3 is 2.41 bits per heavy atom. The van der Waals surface area contributed by atoms with Gasteiger partial charge in [-0.05, 0) is 35.1 Å². The fraction of sp³-hybridized carbons (Fsp3) is 0.316. The van der Waals surface area contributed by atoms with E-state index in [1.165, 1.54) is 11.1 Å². The van der Waals surface area contributed by atoms with Crippen LogP contribution >= 0.6 is 11.6 Å². The molecule has 0 saturated heterocycles. The molecule has 22 heavy (non-hydrogen) atoms. The molecule has 1 amide bonds. The van der Waals surface area contributed by atoms with Crippen LogP contribution in [-0.2, 0) is 17.8 Å². The number of nitrogens with one attached hydrogen (secondary N) is 1. The van der Waals surface area contributed by atoms with Crippen molar-refractivity contribution in [3.8, 4) is 0 Å². The molecule has 0 fully saturated rings. The fourth-order valence-electron chi connectivity index (χ4n) is 2.25. The van der Waals surface area contributed by atoms with Crippen molar-refractivity contribution in [1.82, 2.24) is 5.32 Å². The molecule has 0 aliphatic rings. The SMILES string of the molecule is CC(C)c1ccc(CCC(=O)NCc2ccccc2Cl)cc1. The van der Waals surface area contributed by atoms with Crippen molar-refractivity contribution in [1.29, 1.82) is 0 Å². The number of amides is 1. The zero-order chi connectivity index (χ0) is 15.9. The van der Waals surface area contributed by atoms with Crippen LogP contribution in [0, 0.1) is 0 Å². The third-order valence-electron chi connectivity index (χ3n) is 3.72. The number of benzene rings is 2. The molecule has 3 heteroatoms. The Morgan fingerprint density at radius 2 is 1.77 bits per heavy atom. The molecule has 2 rings (SSSR count). The first-order valence-corrected chi connectivity index (χ1v) is 8.03. The normalized spacial score (nSPS) is 10.7. The summed E-state index contributed by atoms with van der Waals surface area (Å²) in [5.41, 5.74) is 3.46. The second-order valence-corrected chi connectivity index (χ2v) is 6.17. The predicted molar refractivity (Wildman–Crippen MR) is 92.2 cm³/mol. The highest BCUT2D eigenvalue weighted by Crippen LogP contribution is 2.16. The highest BCUT2D eigenvalue weighted by atomic mass is 35.5. The monoisotopic (exact) mass is 315 g/mol. The van der Waals surface area contributed by atoms with Gasteiger partial charge in [-0.15, -0.1) is 0 Å². The summed E-state index contributed by atoms with van der Waals surface area (Å²) < 4.78 is 0. The van der Waals surface area contributed by atoms with Gasteiger partial charge in [0.2, 0.25) is 5.91 Å². The lowest BCUT2D eigenvalue weighted by Crippen LogP contribution is -2.23. The molecule has 0 heterocycles. The summed E-state index contributed by atoms with van der Waals surface area (Å²) in [5, 5.41) is 3.60. The van der Waals surface area contributed by atoms with E-state index in [4.69, 9.17) is 11.6 Å². The Bertz CT molecular complexity index is 620. The van der Waals surface area contributed by atoms with Crippen molar-refractivity contribution in [2.24, 2.45) is 0 Å². The Balaban J connectivity index is 1.79. The van der Waals surface area contributed by atoms with Crippen LogP contribution in [0.2, 0.25) is 5.02 Å². The van der Waals surface area contributed by atoms with Crippen LogP contribution in [0.15, 0.2) is 48.5 Å². The Labute approximate surface area is 137 Å². The lowest BCUT2D eigenvalue weighted by atomic mass is 10.0. The number of carbonyl (C=O) groups excluding carboxylic acids is 1. The third-order valence-corrected chi connectivity index (χ3v) is 4.09. The van der Waals surface area contributed by atoms with E-state index in [1.54, 1.807) is 0 Å². The van der Waals surface area contributed by atoms with Crippen LogP contribution in [0.4, 0.5) is 0 Å². The molecule has 0 aliphatic carbocycles. The minimum absolute atomic E-state index is 0.0489. The summed E-state index contributed by atoms with van der Waals surface area (Å²) in [6, 6.07) is 16.1. The first-order valence-electron chi connectivity index (χ1n) is 7.65. The molecular formula is C19H22ClNO. The number of aryl methyl sites for hydroxylation is 1. The molecule has 2 aromatic rings. The smallest absolute Gasteiger partial charge is 0.220 e. The van der Waals surface area contributed by atoms with Gasteiger partial charge >= 0.3 is 0 Å². The molecule has 0 unspecified atom stereocenters. The Kier molecular flexibility index (Phi) is 6.02. The number of hydrogen-bond donors (Lipinski definition) is 1. The largest absolute Gasteiger partial charge is 0.352 e. The maximum Gasteiger partial charge on any atom is 0.220 e. The van der Waals surface area contributed by atoms with Gasteiger partial charge in [-0.25, -0.2) is 0 Å². The predicted octanol–water partition coefficient (Wildman–Crippen LogP) is 4.71. The lowest BCUT2D eigenvalue weighted by Gasteiger charge is -2.08. The van der Waals surface area contributed by atoms with Crippen LogP contribution in [0.25, 0.3) is 0 Å². The fourth-order valence-corrected chi connectivity index (χ4v) is 2.45. The quantitative estimate of drug-likeness (QED) is 0.821. The third kappa shape index (κ3) is 4.88. The number of hydrogen-bond acceptors (Lipinski definition) is 1. The highest BCUT2D eigenvalue weighted by molar-refractivity contribution is 6.31. The molecule has 0 saturated carbocycles. The zero-order valence-electron chi connectivity index (χ0n) is 13.1.